The molecule has 1 aliphatic carbocycles. The van der Waals surface area contributed by atoms with E-state index in [1.54, 1.807) is 12.5 Å². The van der Waals surface area contributed by atoms with Gasteiger partial charge in [-0.15, -0.1) is 0 Å². The van der Waals surface area contributed by atoms with Gasteiger partial charge in [0.15, 0.2) is 5.58 Å². The lowest BCUT2D eigenvalue weighted by molar-refractivity contribution is 0.0923. The summed E-state index contributed by atoms with van der Waals surface area (Å²) >= 11 is 0. The van der Waals surface area contributed by atoms with Crippen molar-refractivity contribution in [3.05, 3.63) is 24.2 Å². The normalized spacial score (nSPS) is 26.5. The van der Waals surface area contributed by atoms with Crippen molar-refractivity contribution in [3.63, 3.8) is 0 Å². The Morgan fingerprint density at radius 2 is 2.32 bits per heavy atom. The summed E-state index contributed by atoms with van der Waals surface area (Å²) in [4.78, 5) is 18.7. The number of nitrogens with one attached hydrogen (secondary N) is 2. The van der Waals surface area contributed by atoms with Crippen LogP contribution in [0, 0.1) is 5.92 Å². The molecule has 2 aromatic heterocycles. The monoisotopic (exact) mass is 300 g/mol. The number of pyridine rings is 1. The summed E-state index contributed by atoms with van der Waals surface area (Å²) in [5.41, 5.74) is 2.09. The van der Waals surface area contributed by atoms with Gasteiger partial charge in [0.1, 0.15) is 12.0 Å². The van der Waals surface area contributed by atoms with Crippen molar-refractivity contribution in [2.24, 2.45) is 5.92 Å². The zero-order valence-corrected chi connectivity index (χ0v) is 12.8. The molecule has 0 aromatic carbocycles. The number of rotatable bonds is 3. The Hall–Kier alpha value is -2.08. The fourth-order valence-corrected chi connectivity index (χ4v) is 3.65. The predicted octanol–water partition coefficient (Wildman–Crippen LogP) is 1.37. The molecule has 0 spiro atoms. The Labute approximate surface area is 128 Å². The molecule has 1 amide bonds. The zero-order valence-electron chi connectivity index (χ0n) is 12.8. The molecule has 3 heterocycles. The van der Waals surface area contributed by atoms with Crippen LogP contribution in [0.1, 0.15) is 23.3 Å². The van der Waals surface area contributed by atoms with Gasteiger partial charge in [-0.25, -0.2) is 4.98 Å². The lowest BCUT2D eigenvalue weighted by atomic mass is 10.1. The SMILES string of the molecule is CN(C)c1coc2cnc(C(=O)NC3CC4CNC3C4)cc12. The quantitative estimate of drug-likeness (QED) is 0.896. The van der Waals surface area contributed by atoms with E-state index in [-0.39, 0.29) is 11.9 Å². The van der Waals surface area contributed by atoms with Crippen LogP contribution >= 0.6 is 0 Å². The third-order valence-corrected chi connectivity index (χ3v) is 4.80. The molecule has 2 fully saturated rings. The Kier molecular flexibility index (Phi) is 3.07. The molecule has 4 rings (SSSR count). The molecule has 3 unspecified atom stereocenters. The average Bonchev–Trinajstić information content (AvgIpc) is 3.20. The van der Waals surface area contributed by atoms with Crippen LogP contribution in [0.5, 0.6) is 0 Å². The van der Waals surface area contributed by atoms with E-state index in [4.69, 9.17) is 4.42 Å². The van der Waals surface area contributed by atoms with Crippen molar-refractivity contribution in [3.8, 4) is 0 Å². The topological polar surface area (TPSA) is 70.4 Å². The van der Waals surface area contributed by atoms with E-state index >= 15 is 0 Å². The second-order valence-corrected chi connectivity index (χ2v) is 6.51. The molecule has 116 valence electrons. The van der Waals surface area contributed by atoms with Gasteiger partial charge in [-0.3, -0.25) is 4.79 Å². The van der Waals surface area contributed by atoms with Gasteiger partial charge in [0.25, 0.3) is 5.91 Å². The maximum atomic E-state index is 12.5. The van der Waals surface area contributed by atoms with Crippen LogP contribution in [0.2, 0.25) is 0 Å². The lowest BCUT2D eigenvalue weighted by Crippen LogP contribution is -2.48. The highest BCUT2D eigenvalue weighted by molar-refractivity contribution is 5.99. The Balaban J connectivity index is 1.57. The second kappa shape index (κ2) is 4.98. The molecule has 6 nitrogen and oxygen atoms in total. The van der Waals surface area contributed by atoms with Crippen LogP contribution in [-0.2, 0) is 0 Å². The number of hydrogen-bond acceptors (Lipinski definition) is 5. The summed E-state index contributed by atoms with van der Waals surface area (Å²) in [6, 6.07) is 2.45. The highest BCUT2D eigenvalue weighted by Crippen LogP contribution is 2.31. The summed E-state index contributed by atoms with van der Waals surface area (Å²) in [7, 11) is 3.90. The highest BCUT2D eigenvalue weighted by atomic mass is 16.3. The van der Waals surface area contributed by atoms with Crippen molar-refractivity contribution >= 4 is 22.6 Å². The second-order valence-electron chi connectivity index (χ2n) is 6.51. The molecular weight excluding hydrogens is 280 g/mol. The molecule has 2 aliphatic rings. The van der Waals surface area contributed by atoms with Crippen molar-refractivity contribution in [1.29, 1.82) is 0 Å². The summed E-state index contributed by atoms with van der Waals surface area (Å²) in [6.07, 6.45) is 5.55. The maximum absolute atomic E-state index is 12.5. The number of nitrogens with zero attached hydrogens (tertiary/aromatic N) is 2. The molecule has 1 saturated carbocycles. The molecule has 2 aromatic rings. The van der Waals surface area contributed by atoms with E-state index in [1.807, 2.05) is 25.1 Å². The number of carbonyl (C=O) groups is 1. The summed E-state index contributed by atoms with van der Waals surface area (Å²) in [5.74, 6) is 0.604. The smallest absolute Gasteiger partial charge is 0.270 e. The number of amides is 1. The van der Waals surface area contributed by atoms with Crippen molar-refractivity contribution in [1.82, 2.24) is 15.6 Å². The zero-order chi connectivity index (χ0) is 15.3. The molecule has 1 aliphatic heterocycles. The van der Waals surface area contributed by atoms with E-state index in [0.717, 1.165) is 24.0 Å². The number of furan rings is 1. The Morgan fingerprint density at radius 3 is 3.00 bits per heavy atom. The molecule has 3 atom stereocenters. The van der Waals surface area contributed by atoms with Gasteiger partial charge in [0, 0.05) is 31.6 Å². The molecule has 22 heavy (non-hydrogen) atoms. The van der Waals surface area contributed by atoms with Crippen LogP contribution in [-0.4, -0.2) is 43.6 Å². The van der Waals surface area contributed by atoms with Gasteiger partial charge >= 0.3 is 0 Å². The first kappa shape index (κ1) is 13.6. The number of anilines is 1. The summed E-state index contributed by atoms with van der Waals surface area (Å²) in [6.45, 7) is 1.09. The summed E-state index contributed by atoms with van der Waals surface area (Å²) in [5, 5.41) is 7.49. The van der Waals surface area contributed by atoms with Gasteiger partial charge in [-0.05, 0) is 31.4 Å². The van der Waals surface area contributed by atoms with Crippen LogP contribution < -0.4 is 15.5 Å². The number of aromatic nitrogens is 1. The molecule has 6 heteroatoms. The average molecular weight is 300 g/mol. The summed E-state index contributed by atoms with van der Waals surface area (Å²) < 4.78 is 5.47. The minimum atomic E-state index is -0.104. The van der Waals surface area contributed by atoms with Crippen molar-refractivity contribution < 1.29 is 9.21 Å². The standard InChI is InChI=1S/C16H20N4O2/c1-20(2)14-8-22-15-7-18-13(5-10(14)15)16(21)19-12-4-9-3-11(12)17-6-9/h5,7-9,11-12,17H,3-4,6H2,1-2H3,(H,19,21). The Bertz CT molecular complexity index is 724. The number of piperidine rings is 1. The molecule has 1 saturated heterocycles. The van der Waals surface area contributed by atoms with E-state index in [1.165, 1.54) is 6.42 Å². The number of carbonyl (C=O) groups excluding carboxylic acids is 1. The van der Waals surface area contributed by atoms with Crippen LogP contribution in [0.4, 0.5) is 5.69 Å². The first-order valence-electron chi connectivity index (χ1n) is 7.70. The fraction of sp³-hybridized carbons (Fsp3) is 0.500. The van der Waals surface area contributed by atoms with Crippen LogP contribution in [0.3, 0.4) is 0 Å². The minimum Gasteiger partial charge on any atom is -0.460 e. The van der Waals surface area contributed by atoms with E-state index < -0.39 is 0 Å². The van der Waals surface area contributed by atoms with E-state index in [2.05, 4.69) is 15.6 Å². The number of hydrogen-bond donors (Lipinski definition) is 2. The Morgan fingerprint density at radius 1 is 1.45 bits per heavy atom. The van der Waals surface area contributed by atoms with Crippen LogP contribution in [0.15, 0.2) is 22.9 Å². The van der Waals surface area contributed by atoms with Gasteiger partial charge in [-0.1, -0.05) is 0 Å². The third kappa shape index (κ3) is 2.14. The molecular formula is C16H20N4O2. The number of fused-ring (bicyclic) bond motifs is 3. The van der Waals surface area contributed by atoms with Gasteiger partial charge in [0.2, 0.25) is 0 Å². The van der Waals surface area contributed by atoms with E-state index in [9.17, 15) is 4.79 Å². The maximum Gasteiger partial charge on any atom is 0.270 e. The molecule has 2 bridgehead atoms. The fourth-order valence-electron chi connectivity index (χ4n) is 3.65. The van der Waals surface area contributed by atoms with Crippen molar-refractivity contribution in [2.45, 2.75) is 24.9 Å². The van der Waals surface area contributed by atoms with Gasteiger partial charge in [-0.2, -0.15) is 0 Å². The van der Waals surface area contributed by atoms with Gasteiger partial charge < -0.3 is 20.0 Å². The third-order valence-electron chi connectivity index (χ3n) is 4.80. The first-order chi connectivity index (χ1) is 10.6. The van der Waals surface area contributed by atoms with Crippen LogP contribution in [0.25, 0.3) is 11.0 Å². The molecule has 2 N–H and O–H groups in total. The van der Waals surface area contributed by atoms with Crippen molar-refractivity contribution in [2.75, 3.05) is 25.5 Å². The first-order valence-corrected chi connectivity index (χ1v) is 7.70. The minimum absolute atomic E-state index is 0.104. The van der Waals surface area contributed by atoms with E-state index in [0.29, 0.717) is 23.2 Å². The lowest BCUT2D eigenvalue weighted by Gasteiger charge is -2.23. The highest BCUT2D eigenvalue weighted by Gasteiger charge is 2.40. The van der Waals surface area contributed by atoms with Gasteiger partial charge in [0.05, 0.1) is 11.9 Å². The molecule has 0 radical (unpaired) electrons. The predicted molar refractivity (Wildman–Crippen MR) is 84.1 cm³/mol. The largest absolute Gasteiger partial charge is 0.460 e.